The number of nitrogens with zero attached hydrogens (tertiary/aromatic N) is 1. The summed E-state index contributed by atoms with van der Waals surface area (Å²) in [4.78, 5) is 14.3. The number of nitrogens with one attached hydrogen (secondary N) is 1. The minimum Gasteiger partial charge on any atom is -0.342 e. The lowest BCUT2D eigenvalue weighted by molar-refractivity contribution is -0.138. The second-order valence-electron chi connectivity index (χ2n) is 5.06. The first-order valence-corrected chi connectivity index (χ1v) is 6.27. The molecular weight excluding hydrogens is 224 g/mol. The van der Waals surface area contributed by atoms with Gasteiger partial charge in [0.2, 0.25) is 5.91 Å². The molecule has 2 saturated heterocycles. The van der Waals surface area contributed by atoms with Gasteiger partial charge in [0.05, 0.1) is 0 Å². The van der Waals surface area contributed by atoms with Crippen LogP contribution in [0.4, 0.5) is 0 Å². The lowest BCUT2D eigenvalue weighted by Gasteiger charge is -2.34. The topological polar surface area (TPSA) is 32.3 Å². The Hall–Kier alpha value is -0.280. The van der Waals surface area contributed by atoms with E-state index < -0.39 is 0 Å². The van der Waals surface area contributed by atoms with Crippen LogP contribution in [0.5, 0.6) is 0 Å². The fraction of sp³-hybridized carbons (Fsp3) is 0.917. The standard InChI is InChI=1S/C12H22N2O.ClH/c1-10-3-2-8-14(9-10)12(15)11-4-6-13-7-5-11;/h10-11,13H,2-9H2,1H3;1H. The SMILES string of the molecule is CC1CCCN(C(=O)C2CCNCC2)C1.Cl. The molecule has 16 heavy (non-hydrogen) atoms. The summed E-state index contributed by atoms with van der Waals surface area (Å²) >= 11 is 0. The molecule has 2 aliphatic heterocycles. The van der Waals surface area contributed by atoms with Crippen LogP contribution in [0.1, 0.15) is 32.6 Å². The molecule has 0 aromatic rings. The first-order valence-electron chi connectivity index (χ1n) is 6.27. The molecule has 1 unspecified atom stereocenters. The first kappa shape index (κ1) is 13.8. The maximum Gasteiger partial charge on any atom is 0.225 e. The van der Waals surface area contributed by atoms with E-state index in [1.807, 2.05) is 0 Å². The van der Waals surface area contributed by atoms with E-state index in [1.54, 1.807) is 0 Å². The zero-order valence-electron chi connectivity index (χ0n) is 10.1. The molecule has 2 fully saturated rings. The molecule has 0 bridgehead atoms. The Labute approximate surface area is 104 Å². The van der Waals surface area contributed by atoms with Crippen molar-refractivity contribution in [3.8, 4) is 0 Å². The quantitative estimate of drug-likeness (QED) is 0.764. The highest BCUT2D eigenvalue weighted by molar-refractivity contribution is 5.85. The maximum absolute atomic E-state index is 12.2. The van der Waals surface area contributed by atoms with Gasteiger partial charge in [0.25, 0.3) is 0 Å². The van der Waals surface area contributed by atoms with Crippen LogP contribution in [0, 0.1) is 11.8 Å². The number of carbonyl (C=O) groups excluding carboxylic acids is 1. The fourth-order valence-corrected chi connectivity index (χ4v) is 2.72. The van der Waals surface area contributed by atoms with E-state index in [4.69, 9.17) is 0 Å². The molecule has 0 saturated carbocycles. The number of carbonyl (C=O) groups is 1. The first-order chi connectivity index (χ1) is 7.27. The monoisotopic (exact) mass is 246 g/mol. The van der Waals surface area contributed by atoms with Crippen molar-refractivity contribution in [1.29, 1.82) is 0 Å². The summed E-state index contributed by atoms with van der Waals surface area (Å²) in [6.45, 7) is 6.26. The van der Waals surface area contributed by atoms with Gasteiger partial charge >= 0.3 is 0 Å². The van der Waals surface area contributed by atoms with Crippen LogP contribution in [0.25, 0.3) is 0 Å². The Morgan fingerprint density at radius 1 is 1.25 bits per heavy atom. The summed E-state index contributed by atoms with van der Waals surface area (Å²) in [6.07, 6.45) is 4.54. The third-order valence-corrected chi connectivity index (χ3v) is 3.66. The average Bonchev–Trinajstić information content (AvgIpc) is 2.29. The average molecular weight is 247 g/mol. The maximum atomic E-state index is 12.2. The second kappa shape index (κ2) is 6.45. The third kappa shape index (κ3) is 3.36. The smallest absolute Gasteiger partial charge is 0.225 e. The van der Waals surface area contributed by atoms with Gasteiger partial charge in [-0.3, -0.25) is 4.79 Å². The van der Waals surface area contributed by atoms with Gasteiger partial charge in [0, 0.05) is 19.0 Å². The molecule has 2 heterocycles. The fourth-order valence-electron chi connectivity index (χ4n) is 2.72. The summed E-state index contributed by atoms with van der Waals surface area (Å²) in [5.41, 5.74) is 0. The van der Waals surface area contributed by atoms with Gasteiger partial charge < -0.3 is 10.2 Å². The molecule has 0 aromatic heterocycles. The van der Waals surface area contributed by atoms with Crippen LogP contribution < -0.4 is 5.32 Å². The highest BCUT2D eigenvalue weighted by Gasteiger charge is 2.28. The Morgan fingerprint density at radius 3 is 2.56 bits per heavy atom. The summed E-state index contributed by atoms with van der Waals surface area (Å²) in [7, 11) is 0. The molecule has 1 N–H and O–H groups in total. The van der Waals surface area contributed by atoms with Gasteiger partial charge in [-0.05, 0) is 44.7 Å². The van der Waals surface area contributed by atoms with E-state index in [-0.39, 0.29) is 12.4 Å². The largest absolute Gasteiger partial charge is 0.342 e. The van der Waals surface area contributed by atoms with Crippen LogP contribution in [-0.2, 0) is 4.79 Å². The van der Waals surface area contributed by atoms with Gasteiger partial charge in [0.15, 0.2) is 0 Å². The van der Waals surface area contributed by atoms with Crippen molar-refractivity contribution in [2.24, 2.45) is 11.8 Å². The molecule has 0 spiro atoms. The molecule has 94 valence electrons. The Bertz CT molecular complexity index is 229. The van der Waals surface area contributed by atoms with E-state index in [2.05, 4.69) is 17.1 Å². The third-order valence-electron chi connectivity index (χ3n) is 3.66. The molecule has 1 atom stereocenters. The minimum atomic E-state index is 0. The number of halogens is 1. The molecule has 0 aromatic carbocycles. The Kier molecular flexibility index (Phi) is 5.56. The normalized spacial score (nSPS) is 27.3. The van der Waals surface area contributed by atoms with Crippen molar-refractivity contribution in [3.05, 3.63) is 0 Å². The minimum absolute atomic E-state index is 0. The van der Waals surface area contributed by atoms with E-state index in [0.717, 1.165) is 39.0 Å². The van der Waals surface area contributed by atoms with E-state index in [9.17, 15) is 4.79 Å². The number of rotatable bonds is 1. The van der Waals surface area contributed by atoms with Crippen LogP contribution in [0.15, 0.2) is 0 Å². The van der Waals surface area contributed by atoms with Crippen LogP contribution >= 0.6 is 12.4 Å². The summed E-state index contributed by atoms with van der Waals surface area (Å²) < 4.78 is 0. The van der Waals surface area contributed by atoms with Crippen LogP contribution in [0.3, 0.4) is 0 Å². The van der Waals surface area contributed by atoms with Gasteiger partial charge in [-0.25, -0.2) is 0 Å². The van der Waals surface area contributed by atoms with Crippen molar-refractivity contribution in [2.45, 2.75) is 32.6 Å². The number of likely N-dealkylation sites (tertiary alicyclic amines) is 1. The Balaban J connectivity index is 0.00000128. The van der Waals surface area contributed by atoms with Crippen LogP contribution in [-0.4, -0.2) is 37.0 Å². The molecule has 0 radical (unpaired) electrons. The highest BCUT2D eigenvalue weighted by atomic mass is 35.5. The zero-order valence-corrected chi connectivity index (χ0v) is 10.9. The molecule has 1 amide bonds. The molecule has 4 heteroatoms. The Morgan fingerprint density at radius 2 is 1.94 bits per heavy atom. The van der Waals surface area contributed by atoms with E-state index in [0.29, 0.717) is 17.7 Å². The van der Waals surface area contributed by atoms with Gasteiger partial charge in [-0.15, -0.1) is 12.4 Å². The summed E-state index contributed by atoms with van der Waals surface area (Å²) in [5.74, 6) is 1.42. The molecular formula is C12H23ClN2O. The number of piperidine rings is 2. The van der Waals surface area contributed by atoms with Gasteiger partial charge in [0.1, 0.15) is 0 Å². The van der Waals surface area contributed by atoms with Gasteiger partial charge in [-0.2, -0.15) is 0 Å². The zero-order chi connectivity index (χ0) is 10.7. The van der Waals surface area contributed by atoms with Gasteiger partial charge in [-0.1, -0.05) is 6.92 Å². The molecule has 0 aliphatic carbocycles. The van der Waals surface area contributed by atoms with E-state index in [1.165, 1.54) is 12.8 Å². The summed E-state index contributed by atoms with van der Waals surface area (Å²) in [6, 6.07) is 0. The molecule has 2 aliphatic rings. The highest BCUT2D eigenvalue weighted by Crippen LogP contribution is 2.21. The number of hydrogen-bond acceptors (Lipinski definition) is 2. The number of amides is 1. The predicted molar refractivity (Wildman–Crippen MR) is 67.8 cm³/mol. The lowest BCUT2D eigenvalue weighted by atomic mass is 9.93. The number of hydrogen-bond donors (Lipinski definition) is 1. The second-order valence-corrected chi connectivity index (χ2v) is 5.06. The van der Waals surface area contributed by atoms with Crippen molar-refractivity contribution in [2.75, 3.05) is 26.2 Å². The van der Waals surface area contributed by atoms with Crippen molar-refractivity contribution >= 4 is 18.3 Å². The molecule has 2 rings (SSSR count). The van der Waals surface area contributed by atoms with Crippen molar-refractivity contribution in [1.82, 2.24) is 10.2 Å². The van der Waals surface area contributed by atoms with Crippen molar-refractivity contribution in [3.63, 3.8) is 0 Å². The van der Waals surface area contributed by atoms with E-state index >= 15 is 0 Å². The molecule has 3 nitrogen and oxygen atoms in total. The van der Waals surface area contributed by atoms with Crippen LogP contribution in [0.2, 0.25) is 0 Å². The summed E-state index contributed by atoms with van der Waals surface area (Å²) in [5, 5.41) is 3.31. The lowest BCUT2D eigenvalue weighted by Crippen LogP contribution is -2.45. The predicted octanol–water partition coefficient (Wildman–Crippen LogP) is 1.67. The van der Waals surface area contributed by atoms with Crippen molar-refractivity contribution < 1.29 is 4.79 Å².